The molecule has 0 spiro atoms. The molecule has 1 fully saturated rings. The van der Waals surface area contributed by atoms with E-state index in [9.17, 15) is 18.9 Å². The van der Waals surface area contributed by atoms with Gasteiger partial charge in [0.2, 0.25) is 0 Å². The summed E-state index contributed by atoms with van der Waals surface area (Å²) < 4.78 is 42.4. The highest BCUT2D eigenvalue weighted by Gasteiger charge is 2.36. The fourth-order valence-corrected chi connectivity index (χ4v) is 4.86. The number of nitrogens with zero attached hydrogens (tertiary/aromatic N) is 2. The van der Waals surface area contributed by atoms with Gasteiger partial charge in [0.25, 0.3) is 0 Å². The number of hydrogen-bond acceptors (Lipinski definition) is 10. The van der Waals surface area contributed by atoms with Crippen molar-refractivity contribution < 1.29 is 37.4 Å². The van der Waals surface area contributed by atoms with E-state index in [1.54, 1.807) is 37.3 Å². The largest absolute Gasteiger partial charge is 0.468 e. The van der Waals surface area contributed by atoms with E-state index in [1.165, 1.54) is 24.8 Å². The van der Waals surface area contributed by atoms with Gasteiger partial charge in [-0.25, -0.2) is 9.36 Å². The van der Waals surface area contributed by atoms with Crippen molar-refractivity contribution in [1.29, 1.82) is 0 Å². The lowest BCUT2D eigenvalue weighted by Gasteiger charge is -2.23. The molecule has 3 rings (SSSR count). The Morgan fingerprint density at radius 2 is 2.03 bits per heavy atom. The average Bonchev–Trinajstić information content (AvgIpc) is 3.32. The van der Waals surface area contributed by atoms with Gasteiger partial charge in [0.15, 0.2) is 12.5 Å². The molecule has 0 aliphatic carbocycles. The van der Waals surface area contributed by atoms with Gasteiger partial charge in [0.05, 0.1) is 19.4 Å². The molecule has 1 unspecified atom stereocenters. The second-order valence-electron chi connectivity index (χ2n) is 7.74. The lowest BCUT2D eigenvalue weighted by molar-refractivity contribution is -0.142. The maximum atomic E-state index is 13.4. The van der Waals surface area contributed by atoms with E-state index in [0.717, 1.165) is 4.47 Å². The van der Waals surface area contributed by atoms with Gasteiger partial charge in [0, 0.05) is 23.5 Å². The first kappa shape index (κ1) is 28.2. The van der Waals surface area contributed by atoms with E-state index < -0.39 is 38.0 Å². The van der Waals surface area contributed by atoms with E-state index in [2.05, 4.69) is 30.7 Å². The van der Waals surface area contributed by atoms with Crippen molar-refractivity contribution >= 4 is 35.4 Å². The monoisotopic (exact) mass is 587 g/mol. The third-order valence-corrected chi connectivity index (χ3v) is 7.20. The molecule has 2 aromatic rings. The van der Waals surface area contributed by atoms with Gasteiger partial charge in [-0.2, -0.15) is 10.1 Å². The van der Waals surface area contributed by atoms with E-state index in [0.29, 0.717) is 12.1 Å². The molecule has 1 N–H and O–H groups in total. The van der Waals surface area contributed by atoms with Gasteiger partial charge in [-0.05, 0) is 37.3 Å². The highest BCUT2D eigenvalue weighted by atomic mass is 79.9. The molecule has 196 valence electrons. The SMILES string of the molecule is CCC(=O)Cc1ccn([C@@H]2CO[C@H](COP(=O)(N[C@@H](C)C(=O)OC)Oc3ccc(Br)cc3)O2)c(=O)n1. The molecule has 1 aromatic carbocycles. The van der Waals surface area contributed by atoms with Crippen LogP contribution in [0.1, 0.15) is 32.2 Å². The van der Waals surface area contributed by atoms with Crippen LogP contribution in [0.3, 0.4) is 0 Å². The van der Waals surface area contributed by atoms with E-state index in [-0.39, 0.29) is 31.2 Å². The summed E-state index contributed by atoms with van der Waals surface area (Å²) in [5.74, 6) is -0.457. The molecular formula is C22H27BrN3O9P. The number of benzene rings is 1. The first-order chi connectivity index (χ1) is 17.1. The van der Waals surface area contributed by atoms with Crippen molar-refractivity contribution in [2.45, 2.75) is 45.2 Å². The van der Waals surface area contributed by atoms with Crippen LogP contribution in [0, 0.1) is 0 Å². The number of rotatable bonds is 12. The number of nitrogens with one attached hydrogen (secondary N) is 1. The van der Waals surface area contributed by atoms with Crippen LogP contribution in [0.2, 0.25) is 0 Å². The zero-order valence-electron chi connectivity index (χ0n) is 19.9. The maximum absolute atomic E-state index is 13.4. The zero-order chi connectivity index (χ0) is 26.3. The number of ketones is 1. The van der Waals surface area contributed by atoms with Crippen LogP contribution in [0.15, 0.2) is 45.8 Å². The topological polar surface area (TPSA) is 144 Å². The predicted molar refractivity (Wildman–Crippen MR) is 130 cm³/mol. The molecule has 0 radical (unpaired) electrons. The fourth-order valence-electron chi connectivity index (χ4n) is 3.12. The van der Waals surface area contributed by atoms with Gasteiger partial charge in [-0.1, -0.05) is 22.9 Å². The average molecular weight is 588 g/mol. The van der Waals surface area contributed by atoms with Gasteiger partial charge < -0.3 is 18.7 Å². The molecule has 36 heavy (non-hydrogen) atoms. The Morgan fingerprint density at radius 1 is 1.31 bits per heavy atom. The molecule has 1 aliphatic heterocycles. The summed E-state index contributed by atoms with van der Waals surface area (Å²) in [5, 5.41) is 2.53. The molecule has 14 heteroatoms. The first-order valence-corrected chi connectivity index (χ1v) is 13.4. The van der Waals surface area contributed by atoms with Crippen molar-refractivity contribution in [2.24, 2.45) is 0 Å². The molecule has 4 atom stereocenters. The number of methoxy groups -OCH3 is 1. The lowest BCUT2D eigenvalue weighted by Crippen LogP contribution is -2.35. The summed E-state index contributed by atoms with van der Waals surface area (Å²) >= 11 is 3.31. The molecule has 0 amide bonds. The van der Waals surface area contributed by atoms with Crippen LogP contribution in [0.25, 0.3) is 0 Å². The van der Waals surface area contributed by atoms with Crippen molar-refractivity contribution in [3.05, 3.63) is 57.2 Å². The number of Topliss-reactive ketones (excluding diaryl/α,β-unsaturated/α-hetero) is 1. The number of halogens is 1. The van der Waals surface area contributed by atoms with Crippen LogP contribution in [-0.4, -0.2) is 54.0 Å². The third kappa shape index (κ3) is 7.79. The summed E-state index contributed by atoms with van der Waals surface area (Å²) in [4.78, 5) is 39.8. The molecule has 1 aromatic heterocycles. The molecule has 0 bridgehead atoms. The molecule has 1 saturated heterocycles. The van der Waals surface area contributed by atoms with E-state index in [1.807, 2.05) is 0 Å². The molecule has 12 nitrogen and oxygen atoms in total. The van der Waals surface area contributed by atoms with Crippen molar-refractivity contribution in [2.75, 3.05) is 20.3 Å². The number of hydrogen-bond donors (Lipinski definition) is 1. The maximum Gasteiger partial charge on any atom is 0.459 e. The van der Waals surface area contributed by atoms with Crippen LogP contribution in [0.4, 0.5) is 0 Å². The highest BCUT2D eigenvalue weighted by molar-refractivity contribution is 9.10. The molecule has 1 aliphatic rings. The van der Waals surface area contributed by atoms with Crippen LogP contribution < -0.4 is 15.3 Å². The van der Waals surface area contributed by atoms with Gasteiger partial charge in [-0.15, -0.1) is 0 Å². The number of ether oxygens (including phenoxy) is 3. The zero-order valence-corrected chi connectivity index (χ0v) is 22.4. The fraction of sp³-hybridized carbons (Fsp3) is 0.455. The predicted octanol–water partition coefficient (Wildman–Crippen LogP) is 2.75. The summed E-state index contributed by atoms with van der Waals surface area (Å²) in [6.07, 6.45) is 0.125. The van der Waals surface area contributed by atoms with Crippen LogP contribution in [-0.2, 0) is 39.3 Å². The molecule has 2 heterocycles. The van der Waals surface area contributed by atoms with Crippen molar-refractivity contribution in [3.8, 4) is 5.75 Å². The summed E-state index contributed by atoms with van der Waals surface area (Å²) in [7, 11) is -2.89. The Labute approximate surface area is 216 Å². The Morgan fingerprint density at radius 3 is 2.67 bits per heavy atom. The first-order valence-electron chi connectivity index (χ1n) is 11.0. The van der Waals surface area contributed by atoms with Crippen molar-refractivity contribution in [1.82, 2.24) is 14.6 Å². The quantitative estimate of drug-likeness (QED) is 0.289. The minimum absolute atomic E-state index is 0.00666. The van der Waals surface area contributed by atoms with Crippen LogP contribution >= 0.6 is 23.7 Å². The number of carbonyl (C=O) groups is 2. The standard InChI is InChI=1S/C22H27BrN3O9P/c1-4-17(27)11-16-9-10-26(22(29)24-16)19-12-32-20(34-19)13-33-36(30,25-14(2)21(28)31-3)35-18-7-5-15(23)6-8-18/h5-10,14,19-20H,4,11-13H2,1-3H3,(H,25,30)/t14-,19-,20-,36?/m0/s1. The number of esters is 1. The summed E-state index contributed by atoms with van der Waals surface area (Å²) in [6.45, 7) is 2.86. The van der Waals surface area contributed by atoms with Gasteiger partial charge in [0.1, 0.15) is 24.2 Å². The van der Waals surface area contributed by atoms with Crippen molar-refractivity contribution in [3.63, 3.8) is 0 Å². The normalized spacial score (nSPS) is 19.9. The number of carbonyl (C=O) groups excluding carboxylic acids is 2. The van der Waals surface area contributed by atoms with Crippen LogP contribution in [0.5, 0.6) is 5.75 Å². The Bertz CT molecular complexity index is 1170. The minimum atomic E-state index is -4.10. The van der Waals surface area contributed by atoms with E-state index >= 15 is 0 Å². The second-order valence-corrected chi connectivity index (χ2v) is 10.4. The van der Waals surface area contributed by atoms with Gasteiger partial charge in [-0.3, -0.25) is 18.7 Å². The smallest absolute Gasteiger partial charge is 0.459 e. The Balaban J connectivity index is 1.65. The highest BCUT2D eigenvalue weighted by Crippen LogP contribution is 2.45. The number of aromatic nitrogens is 2. The minimum Gasteiger partial charge on any atom is -0.468 e. The Hall–Kier alpha value is -2.41. The van der Waals surface area contributed by atoms with E-state index in [4.69, 9.17) is 18.5 Å². The summed E-state index contributed by atoms with van der Waals surface area (Å²) in [6, 6.07) is 7.08. The second kappa shape index (κ2) is 12.7. The third-order valence-electron chi connectivity index (χ3n) is 5.03. The lowest BCUT2D eigenvalue weighted by atomic mass is 10.2. The van der Waals surface area contributed by atoms with Gasteiger partial charge >= 0.3 is 19.4 Å². The summed E-state index contributed by atoms with van der Waals surface area (Å²) in [5.41, 5.74) is -0.219. The molecule has 0 saturated carbocycles. The molecular weight excluding hydrogens is 561 g/mol. The Kier molecular flexibility index (Phi) is 9.94.